The van der Waals surface area contributed by atoms with Crippen molar-refractivity contribution in [3.8, 4) is 0 Å². The summed E-state index contributed by atoms with van der Waals surface area (Å²) in [7, 11) is 0. The van der Waals surface area contributed by atoms with E-state index in [9.17, 15) is 14.4 Å². The Morgan fingerprint density at radius 3 is 1.24 bits per heavy atom. The third-order valence-electron chi connectivity index (χ3n) is 8.15. The van der Waals surface area contributed by atoms with Gasteiger partial charge in [0.1, 0.15) is 13.2 Å². The molecule has 0 radical (unpaired) electrons. The van der Waals surface area contributed by atoms with Gasteiger partial charge in [-0.25, -0.2) is 0 Å². The largest absolute Gasteiger partial charge is 0.462 e. The van der Waals surface area contributed by atoms with Crippen LogP contribution in [0.5, 0.6) is 0 Å². The van der Waals surface area contributed by atoms with Crippen molar-refractivity contribution in [1.29, 1.82) is 0 Å². The highest BCUT2D eigenvalue weighted by Crippen LogP contribution is 2.15. The molecular weight excluding hydrogens is 528 g/mol. The molecule has 0 aliphatic rings. The molecule has 0 bridgehead atoms. The van der Waals surface area contributed by atoms with Crippen molar-refractivity contribution >= 4 is 17.9 Å². The van der Waals surface area contributed by atoms with Gasteiger partial charge in [-0.15, -0.1) is 0 Å². The van der Waals surface area contributed by atoms with Gasteiger partial charge in [-0.05, 0) is 25.2 Å². The molecule has 0 aliphatic carbocycles. The van der Waals surface area contributed by atoms with Crippen LogP contribution in [0.15, 0.2) is 0 Å². The van der Waals surface area contributed by atoms with Crippen LogP contribution in [0.25, 0.3) is 0 Å². The van der Waals surface area contributed by atoms with Crippen LogP contribution in [-0.2, 0) is 28.6 Å². The molecule has 0 saturated heterocycles. The Bertz CT molecular complexity index is 634. The van der Waals surface area contributed by atoms with E-state index in [2.05, 4.69) is 27.7 Å². The van der Waals surface area contributed by atoms with Crippen molar-refractivity contribution in [2.45, 2.75) is 194 Å². The van der Waals surface area contributed by atoms with Gasteiger partial charge in [0.05, 0.1) is 0 Å². The van der Waals surface area contributed by atoms with Gasteiger partial charge in [0.15, 0.2) is 6.10 Å². The summed E-state index contributed by atoms with van der Waals surface area (Å²) in [6.07, 6.45) is 25.5. The van der Waals surface area contributed by atoms with Gasteiger partial charge in [0, 0.05) is 19.3 Å². The molecule has 248 valence electrons. The van der Waals surface area contributed by atoms with Crippen molar-refractivity contribution in [2.24, 2.45) is 5.92 Å². The van der Waals surface area contributed by atoms with Gasteiger partial charge in [0.25, 0.3) is 0 Å². The van der Waals surface area contributed by atoms with Gasteiger partial charge in [0.2, 0.25) is 0 Å². The SMILES string of the molecule is CCCCCCCCCCCC(=O)O[C@@H](COC(=O)CCCCCCC)COC(=O)CCCCCCCCC(C)CC. The fourth-order valence-electron chi connectivity index (χ4n) is 5.00. The quantitative estimate of drug-likeness (QED) is 0.0450. The molecule has 0 rings (SSSR count). The Hall–Kier alpha value is -1.59. The van der Waals surface area contributed by atoms with Gasteiger partial charge in [-0.2, -0.15) is 0 Å². The molecule has 0 aromatic rings. The molecule has 42 heavy (non-hydrogen) atoms. The first kappa shape index (κ1) is 40.4. The Morgan fingerprint density at radius 1 is 0.476 bits per heavy atom. The second-order valence-electron chi connectivity index (χ2n) is 12.4. The number of hydrogen-bond donors (Lipinski definition) is 0. The van der Waals surface area contributed by atoms with Crippen LogP contribution in [0.4, 0.5) is 0 Å². The van der Waals surface area contributed by atoms with Crippen LogP contribution in [0.3, 0.4) is 0 Å². The minimum absolute atomic E-state index is 0.0677. The maximum atomic E-state index is 12.5. The predicted molar refractivity (Wildman–Crippen MR) is 173 cm³/mol. The summed E-state index contributed by atoms with van der Waals surface area (Å²) >= 11 is 0. The van der Waals surface area contributed by atoms with Crippen LogP contribution < -0.4 is 0 Å². The standard InChI is InChI=1S/C36H68O6/c1-5-8-10-12-13-14-15-21-25-29-36(39)42-33(30-40-34(37)27-23-18-11-9-6-2)31-41-35(38)28-24-20-17-16-19-22-26-32(4)7-3/h32-33H,5-31H2,1-4H3/t32?,33-/m0/s1. The molecule has 0 saturated carbocycles. The molecule has 0 aromatic heterocycles. The van der Waals surface area contributed by atoms with E-state index in [4.69, 9.17) is 14.2 Å². The highest BCUT2D eigenvalue weighted by atomic mass is 16.6. The Morgan fingerprint density at radius 2 is 0.833 bits per heavy atom. The topological polar surface area (TPSA) is 78.9 Å². The maximum absolute atomic E-state index is 12.5. The molecule has 6 heteroatoms. The number of ether oxygens (including phenoxy) is 3. The summed E-state index contributed by atoms with van der Waals surface area (Å²) in [6.45, 7) is 8.82. The van der Waals surface area contributed by atoms with E-state index in [0.717, 1.165) is 70.1 Å². The number of hydrogen-bond acceptors (Lipinski definition) is 6. The lowest BCUT2D eigenvalue weighted by Crippen LogP contribution is -2.30. The van der Waals surface area contributed by atoms with Gasteiger partial charge < -0.3 is 14.2 Å². The van der Waals surface area contributed by atoms with Crippen molar-refractivity contribution in [3.63, 3.8) is 0 Å². The Kier molecular flexibility index (Phi) is 29.7. The van der Waals surface area contributed by atoms with Gasteiger partial charge >= 0.3 is 17.9 Å². The van der Waals surface area contributed by atoms with E-state index in [1.54, 1.807) is 0 Å². The van der Waals surface area contributed by atoms with Crippen LogP contribution in [-0.4, -0.2) is 37.2 Å². The predicted octanol–water partition coefficient (Wildman–Crippen LogP) is 10.4. The van der Waals surface area contributed by atoms with Crippen molar-refractivity contribution in [1.82, 2.24) is 0 Å². The number of esters is 3. The van der Waals surface area contributed by atoms with E-state index in [1.807, 2.05) is 0 Å². The van der Waals surface area contributed by atoms with E-state index >= 15 is 0 Å². The van der Waals surface area contributed by atoms with Crippen LogP contribution >= 0.6 is 0 Å². The lowest BCUT2D eigenvalue weighted by atomic mass is 10.00. The number of carbonyl (C=O) groups is 3. The number of unbranched alkanes of at least 4 members (excludes halogenated alkanes) is 17. The van der Waals surface area contributed by atoms with E-state index < -0.39 is 6.10 Å². The Balaban J connectivity index is 4.33. The molecule has 0 heterocycles. The monoisotopic (exact) mass is 597 g/mol. The molecule has 0 fully saturated rings. The molecule has 0 aromatic carbocycles. The molecule has 6 nitrogen and oxygen atoms in total. The normalized spacial score (nSPS) is 12.6. The van der Waals surface area contributed by atoms with E-state index in [1.165, 1.54) is 77.0 Å². The minimum atomic E-state index is -0.755. The Labute approximate surface area is 259 Å². The van der Waals surface area contributed by atoms with E-state index in [-0.39, 0.29) is 31.1 Å². The second kappa shape index (κ2) is 30.9. The first-order chi connectivity index (χ1) is 20.4. The zero-order valence-electron chi connectivity index (χ0n) is 28.2. The zero-order chi connectivity index (χ0) is 31.1. The van der Waals surface area contributed by atoms with Crippen molar-refractivity contribution in [3.05, 3.63) is 0 Å². The average molecular weight is 597 g/mol. The molecule has 1 unspecified atom stereocenters. The lowest BCUT2D eigenvalue weighted by Gasteiger charge is -2.18. The van der Waals surface area contributed by atoms with Crippen LogP contribution in [0.1, 0.15) is 188 Å². The third kappa shape index (κ3) is 28.5. The lowest BCUT2D eigenvalue weighted by molar-refractivity contribution is -0.167. The summed E-state index contributed by atoms with van der Waals surface area (Å²) in [6, 6.07) is 0. The van der Waals surface area contributed by atoms with Crippen molar-refractivity contribution in [2.75, 3.05) is 13.2 Å². The maximum Gasteiger partial charge on any atom is 0.306 e. The first-order valence-corrected chi connectivity index (χ1v) is 17.9. The highest BCUT2D eigenvalue weighted by Gasteiger charge is 2.19. The van der Waals surface area contributed by atoms with E-state index in [0.29, 0.717) is 19.3 Å². The second-order valence-corrected chi connectivity index (χ2v) is 12.4. The number of rotatable bonds is 31. The van der Waals surface area contributed by atoms with Gasteiger partial charge in [-0.1, -0.05) is 150 Å². The summed E-state index contributed by atoms with van der Waals surface area (Å²) in [5.74, 6) is -0.0734. The molecule has 0 N–H and O–H groups in total. The van der Waals surface area contributed by atoms with Crippen molar-refractivity contribution < 1.29 is 28.6 Å². The van der Waals surface area contributed by atoms with Crippen LogP contribution in [0, 0.1) is 5.92 Å². The molecular formula is C36H68O6. The average Bonchev–Trinajstić information content (AvgIpc) is 2.98. The summed E-state index contributed by atoms with van der Waals surface area (Å²) in [5, 5.41) is 0. The van der Waals surface area contributed by atoms with Gasteiger partial charge in [-0.3, -0.25) is 14.4 Å². The summed E-state index contributed by atoms with van der Waals surface area (Å²) < 4.78 is 16.4. The van der Waals surface area contributed by atoms with Crippen LogP contribution in [0.2, 0.25) is 0 Å². The fraction of sp³-hybridized carbons (Fsp3) is 0.917. The fourth-order valence-corrected chi connectivity index (χ4v) is 5.00. The molecule has 2 atom stereocenters. The molecule has 0 amide bonds. The molecule has 0 aliphatic heterocycles. The molecule has 0 spiro atoms. The highest BCUT2D eigenvalue weighted by molar-refractivity contribution is 5.71. The summed E-state index contributed by atoms with van der Waals surface area (Å²) in [4.78, 5) is 37.0. The number of carbonyl (C=O) groups excluding carboxylic acids is 3. The first-order valence-electron chi connectivity index (χ1n) is 17.9. The summed E-state index contributed by atoms with van der Waals surface area (Å²) in [5.41, 5.74) is 0. The smallest absolute Gasteiger partial charge is 0.306 e. The zero-order valence-corrected chi connectivity index (χ0v) is 28.2. The third-order valence-corrected chi connectivity index (χ3v) is 8.15. The minimum Gasteiger partial charge on any atom is -0.462 e.